The molecule has 0 bridgehead atoms. The highest BCUT2D eigenvalue weighted by Crippen LogP contribution is 2.19. The van der Waals surface area contributed by atoms with Crippen molar-refractivity contribution in [3.05, 3.63) is 43.3 Å². The van der Waals surface area contributed by atoms with Crippen LogP contribution in [-0.2, 0) is 23.2 Å². The standard InChI is InChI=1S/C14H22N2O3S/c1-4-7-15-11-14(10-13(15)12-17)20(18,19)16(8-5-2)9-6-3/h5-6,10-11,17H,2-4,7-9,12H2,1H3. The van der Waals surface area contributed by atoms with E-state index in [0.717, 1.165) is 6.42 Å². The highest BCUT2D eigenvalue weighted by atomic mass is 32.2. The Morgan fingerprint density at radius 2 is 1.95 bits per heavy atom. The summed E-state index contributed by atoms with van der Waals surface area (Å²) in [6.07, 6.45) is 5.52. The highest BCUT2D eigenvalue weighted by Gasteiger charge is 2.24. The largest absolute Gasteiger partial charge is 0.390 e. The Kier molecular flexibility index (Phi) is 6.19. The normalized spacial score (nSPS) is 11.8. The first-order valence-electron chi connectivity index (χ1n) is 6.53. The van der Waals surface area contributed by atoms with Crippen molar-refractivity contribution in [2.24, 2.45) is 0 Å². The van der Waals surface area contributed by atoms with Crippen LogP contribution in [0.1, 0.15) is 19.0 Å². The Morgan fingerprint density at radius 1 is 1.35 bits per heavy atom. The molecule has 0 aromatic carbocycles. The molecule has 1 heterocycles. The van der Waals surface area contributed by atoms with Crippen LogP contribution in [-0.4, -0.2) is 35.5 Å². The fraction of sp³-hybridized carbons (Fsp3) is 0.429. The lowest BCUT2D eigenvalue weighted by molar-refractivity contribution is 0.270. The molecule has 0 saturated carbocycles. The fourth-order valence-corrected chi connectivity index (χ4v) is 3.40. The van der Waals surface area contributed by atoms with Crippen LogP contribution in [0.5, 0.6) is 0 Å². The van der Waals surface area contributed by atoms with Gasteiger partial charge in [-0.3, -0.25) is 0 Å². The van der Waals surface area contributed by atoms with E-state index in [1.165, 1.54) is 22.5 Å². The summed E-state index contributed by atoms with van der Waals surface area (Å²) in [5, 5.41) is 9.31. The van der Waals surface area contributed by atoms with Crippen LogP contribution in [0, 0.1) is 0 Å². The Morgan fingerprint density at radius 3 is 2.40 bits per heavy atom. The minimum atomic E-state index is -3.60. The molecular formula is C14H22N2O3S. The summed E-state index contributed by atoms with van der Waals surface area (Å²) in [6, 6.07) is 1.52. The molecule has 1 N–H and O–H groups in total. The van der Waals surface area contributed by atoms with Gasteiger partial charge in [-0.25, -0.2) is 8.42 Å². The van der Waals surface area contributed by atoms with Crippen LogP contribution in [0.15, 0.2) is 42.5 Å². The van der Waals surface area contributed by atoms with Crippen molar-refractivity contribution in [3.63, 3.8) is 0 Å². The number of aromatic nitrogens is 1. The number of aryl methyl sites for hydroxylation is 1. The van der Waals surface area contributed by atoms with Crippen molar-refractivity contribution in [1.82, 2.24) is 8.87 Å². The lowest BCUT2D eigenvalue weighted by atomic mass is 10.4. The number of aliphatic hydroxyl groups excluding tert-OH is 1. The van der Waals surface area contributed by atoms with Gasteiger partial charge in [0.1, 0.15) is 4.90 Å². The SMILES string of the molecule is C=CCN(CC=C)S(=O)(=O)c1cc(CO)n(CCC)c1. The van der Waals surface area contributed by atoms with Gasteiger partial charge in [-0.15, -0.1) is 13.2 Å². The molecule has 0 aliphatic carbocycles. The van der Waals surface area contributed by atoms with Gasteiger partial charge in [-0.2, -0.15) is 4.31 Å². The Labute approximate surface area is 120 Å². The molecule has 0 spiro atoms. The van der Waals surface area contributed by atoms with Crippen molar-refractivity contribution in [3.8, 4) is 0 Å². The van der Waals surface area contributed by atoms with Crippen LogP contribution < -0.4 is 0 Å². The molecule has 0 aliphatic rings. The number of sulfonamides is 1. The molecule has 112 valence electrons. The zero-order chi connectivity index (χ0) is 15.2. The first kappa shape index (κ1) is 16.7. The van der Waals surface area contributed by atoms with Crippen LogP contribution in [0.3, 0.4) is 0 Å². The molecule has 1 aromatic heterocycles. The number of aliphatic hydroxyl groups is 1. The van der Waals surface area contributed by atoms with E-state index in [4.69, 9.17) is 0 Å². The van der Waals surface area contributed by atoms with Crippen molar-refractivity contribution in [2.45, 2.75) is 31.4 Å². The van der Waals surface area contributed by atoms with E-state index in [0.29, 0.717) is 12.2 Å². The number of hydrogen-bond acceptors (Lipinski definition) is 3. The Bertz CT molecular complexity index is 551. The Balaban J connectivity index is 3.19. The lowest BCUT2D eigenvalue weighted by Gasteiger charge is -2.17. The van der Waals surface area contributed by atoms with Crippen molar-refractivity contribution in [1.29, 1.82) is 0 Å². The molecule has 0 aliphatic heterocycles. The molecule has 1 aromatic rings. The van der Waals surface area contributed by atoms with Gasteiger partial charge in [0.05, 0.1) is 6.61 Å². The topological polar surface area (TPSA) is 62.5 Å². The third-order valence-electron chi connectivity index (χ3n) is 2.89. The van der Waals surface area contributed by atoms with Crippen molar-refractivity contribution < 1.29 is 13.5 Å². The smallest absolute Gasteiger partial charge is 0.245 e. The second-order valence-electron chi connectivity index (χ2n) is 4.42. The second-order valence-corrected chi connectivity index (χ2v) is 6.36. The maximum atomic E-state index is 12.5. The molecule has 0 unspecified atom stereocenters. The monoisotopic (exact) mass is 298 g/mol. The summed E-state index contributed by atoms with van der Waals surface area (Å²) < 4.78 is 28.1. The lowest BCUT2D eigenvalue weighted by Crippen LogP contribution is -2.31. The van der Waals surface area contributed by atoms with E-state index in [-0.39, 0.29) is 24.6 Å². The van der Waals surface area contributed by atoms with Crippen LogP contribution in [0.2, 0.25) is 0 Å². The van der Waals surface area contributed by atoms with Gasteiger partial charge in [0.25, 0.3) is 0 Å². The van der Waals surface area contributed by atoms with Crippen LogP contribution >= 0.6 is 0 Å². The molecule has 6 heteroatoms. The predicted octanol–water partition coefficient (Wildman–Crippen LogP) is 1.75. The average Bonchev–Trinajstić information content (AvgIpc) is 2.83. The maximum Gasteiger partial charge on any atom is 0.245 e. The van der Waals surface area contributed by atoms with E-state index < -0.39 is 10.0 Å². The summed E-state index contributed by atoms with van der Waals surface area (Å²) in [5.41, 5.74) is 0.600. The fourth-order valence-electron chi connectivity index (χ4n) is 1.96. The third kappa shape index (κ3) is 3.59. The van der Waals surface area contributed by atoms with Gasteiger partial charge >= 0.3 is 0 Å². The minimum Gasteiger partial charge on any atom is -0.390 e. The molecule has 1 rings (SSSR count). The van der Waals surface area contributed by atoms with Crippen LogP contribution in [0.25, 0.3) is 0 Å². The van der Waals surface area contributed by atoms with E-state index in [1.807, 2.05) is 6.92 Å². The summed E-state index contributed by atoms with van der Waals surface area (Å²) in [4.78, 5) is 0.193. The molecule has 0 atom stereocenters. The first-order chi connectivity index (χ1) is 9.51. The average molecular weight is 298 g/mol. The zero-order valence-electron chi connectivity index (χ0n) is 11.8. The molecule has 0 amide bonds. The molecule has 0 radical (unpaired) electrons. The summed E-state index contributed by atoms with van der Waals surface area (Å²) in [7, 11) is -3.60. The minimum absolute atomic E-state index is 0.182. The number of rotatable bonds is 9. The summed E-state index contributed by atoms with van der Waals surface area (Å²) >= 11 is 0. The molecule has 20 heavy (non-hydrogen) atoms. The molecular weight excluding hydrogens is 276 g/mol. The highest BCUT2D eigenvalue weighted by molar-refractivity contribution is 7.89. The zero-order valence-corrected chi connectivity index (χ0v) is 12.6. The van der Waals surface area contributed by atoms with Gasteiger partial charge < -0.3 is 9.67 Å². The van der Waals surface area contributed by atoms with Gasteiger partial charge in [-0.05, 0) is 12.5 Å². The summed E-state index contributed by atoms with van der Waals surface area (Å²) in [5.74, 6) is 0. The van der Waals surface area contributed by atoms with E-state index >= 15 is 0 Å². The predicted molar refractivity (Wildman–Crippen MR) is 79.8 cm³/mol. The summed E-state index contributed by atoms with van der Waals surface area (Å²) in [6.45, 7) is 10.1. The van der Waals surface area contributed by atoms with Gasteiger partial charge in [-0.1, -0.05) is 19.1 Å². The van der Waals surface area contributed by atoms with Gasteiger partial charge in [0.2, 0.25) is 10.0 Å². The Hall–Kier alpha value is -1.37. The number of hydrogen-bond donors (Lipinski definition) is 1. The molecule has 0 fully saturated rings. The van der Waals surface area contributed by atoms with Gasteiger partial charge in [0.15, 0.2) is 0 Å². The third-order valence-corrected chi connectivity index (χ3v) is 4.69. The van der Waals surface area contributed by atoms with E-state index in [9.17, 15) is 13.5 Å². The van der Waals surface area contributed by atoms with E-state index in [1.54, 1.807) is 10.8 Å². The van der Waals surface area contributed by atoms with E-state index in [2.05, 4.69) is 13.2 Å². The number of nitrogens with zero attached hydrogens (tertiary/aromatic N) is 2. The van der Waals surface area contributed by atoms with Gasteiger partial charge in [0, 0.05) is 31.5 Å². The second kappa shape index (κ2) is 7.42. The van der Waals surface area contributed by atoms with Crippen molar-refractivity contribution >= 4 is 10.0 Å². The van der Waals surface area contributed by atoms with Crippen molar-refractivity contribution in [2.75, 3.05) is 13.1 Å². The quantitative estimate of drug-likeness (QED) is 0.707. The first-order valence-corrected chi connectivity index (χ1v) is 7.97. The molecule has 0 saturated heterocycles. The molecule has 5 nitrogen and oxygen atoms in total. The van der Waals surface area contributed by atoms with Crippen LogP contribution in [0.4, 0.5) is 0 Å². The maximum absolute atomic E-state index is 12.5.